The summed E-state index contributed by atoms with van der Waals surface area (Å²) in [5.41, 5.74) is 5.38. The van der Waals surface area contributed by atoms with Crippen molar-refractivity contribution in [2.24, 2.45) is 17.8 Å². The van der Waals surface area contributed by atoms with Gasteiger partial charge in [-0.15, -0.1) is 0 Å². The van der Waals surface area contributed by atoms with Crippen LogP contribution in [0.2, 0.25) is 0 Å². The average molecular weight is 495 g/mol. The number of hydrogen-bond acceptors (Lipinski definition) is 3. The predicted octanol–water partition coefficient (Wildman–Crippen LogP) is 7.17. The van der Waals surface area contributed by atoms with Crippen molar-refractivity contribution in [2.45, 2.75) is 56.8 Å². The van der Waals surface area contributed by atoms with Crippen LogP contribution < -0.4 is 10.6 Å². The van der Waals surface area contributed by atoms with Gasteiger partial charge in [0, 0.05) is 17.8 Å². The van der Waals surface area contributed by atoms with Gasteiger partial charge in [-0.05, 0) is 116 Å². The second kappa shape index (κ2) is 9.70. The zero-order valence-electron chi connectivity index (χ0n) is 21.1. The van der Waals surface area contributed by atoms with E-state index in [0.717, 1.165) is 34.7 Å². The fourth-order valence-electron chi connectivity index (χ4n) is 7.54. The van der Waals surface area contributed by atoms with Crippen LogP contribution in [-0.4, -0.2) is 17.0 Å². The molecule has 0 saturated heterocycles. The van der Waals surface area contributed by atoms with E-state index < -0.39 is 5.97 Å². The molecule has 0 heterocycles. The number of carbonyl (C=O) groups excluding carboxylic acids is 1. The van der Waals surface area contributed by atoms with Crippen LogP contribution in [-0.2, 0) is 16.6 Å². The van der Waals surface area contributed by atoms with Gasteiger partial charge in [-0.1, -0.05) is 36.4 Å². The van der Waals surface area contributed by atoms with Crippen LogP contribution >= 0.6 is 0 Å². The standard InChI is InChI=1S/C32H34N2O3/c35-30(14-7-21-5-10-26(11-6-21)33-29-4-2-1-3-28(29)31(36)37)34-27-12-8-25(9-13-27)32-18-22-15-23(19-32)17-24(16-22)20-32/h1-6,8-13,22-24,33H,7,14-20H2,(H,34,35)(H,36,37). The van der Waals surface area contributed by atoms with Crippen molar-refractivity contribution < 1.29 is 14.7 Å². The highest BCUT2D eigenvalue weighted by Gasteiger charge is 2.51. The maximum Gasteiger partial charge on any atom is 0.337 e. The zero-order valence-corrected chi connectivity index (χ0v) is 21.1. The van der Waals surface area contributed by atoms with Crippen LogP contribution in [0.15, 0.2) is 72.8 Å². The Balaban J connectivity index is 1.02. The van der Waals surface area contributed by atoms with Crippen LogP contribution in [0.1, 0.15) is 66.4 Å². The number of carboxylic acids is 1. The molecule has 190 valence electrons. The van der Waals surface area contributed by atoms with E-state index in [1.165, 1.54) is 44.1 Å². The van der Waals surface area contributed by atoms with Crippen LogP contribution in [0.25, 0.3) is 0 Å². The first-order valence-corrected chi connectivity index (χ1v) is 13.5. The molecule has 0 spiro atoms. The summed E-state index contributed by atoms with van der Waals surface area (Å²) in [7, 11) is 0. The molecule has 4 saturated carbocycles. The second-order valence-corrected chi connectivity index (χ2v) is 11.5. The number of carboxylic acid groups (broad SMARTS) is 1. The minimum absolute atomic E-state index is 0.0140. The summed E-state index contributed by atoms with van der Waals surface area (Å²) in [5, 5.41) is 15.6. The van der Waals surface area contributed by atoms with Crippen LogP contribution in [0.3, 0.4) is 0 Å². The summed E-state index contributed by atoms with van der Waals surface area (Å²) < 4.78 is 0. The molecule has 3 aromatic carbocycles. The highest BCUT2D eigenvalue weighted by Crippen LogP contribution is 2.60. The van der Waals surface area contributed by atoms with Crippen molar-refractivity contribution in [2.75, 3.05) is 10.6 Å². The molecule has 4 bridgehead atoms. The van der Waals surface area contributed by atoms with Gasteiger partial charge in [-0.2, -0.15) is 0 Å². The van der Waals surface area contributed by atoms with Crippen LogP contribution in [0.4, 0.5) is 17.1 Å². The molecule has 0 aromatic heterocycles. The van der Waals surface area contributed by atoms with E-state index in [2.05, 4.69) is 34.9 Å². The van der Waals surface area contributed by atoms with Crippen molar-refractivity contribution in [1.82, 2.24) is 0 Å². The van der Waals surface area contributed by atoms with Crippen molar-refractivity contribution in [3.8, 4) is 0 Å². The van der Waals surface area contributed by atoms with Gasteiger partial charge in [0.25, 0.3) is 0 Å². The number of carbonyl (C=O) groups is 2. The Bertz CT molecular complexity index is 1260. The van der Waals surface area contributed by atoms with E-state index in [-0.39, 0.29) is 11.5 Å². The number of anilines is 3. The van der Waals surface area contributed by atoms with Gasteiger partial charge < -0.3 is 15.7 Å². The van der Waals surface area contributed by atoms with Gasteiger partial charge >= 0.3 is 5.97 Å². The smallest absolute Gasteiger partial charge is 0.337 e. The van der Waals surface area contributed by atoms with Crippen molar-refractivity contribution in [1.29, 1.82) is 0 Å². The third-order valence-electron chi connectivity index (χ3n) is 8.85. The summed E-state index contributed by atoms with van der Waals surface area (Å²) in [6.45, 7) is 0. The highest BCUT2D eigenvalue weighted by atomic mass is 16.4. The Morgan fingerprint density at radius 1 is 0.784 bits per heavy atom. The normalized spacial score (nSPS) is 25.6. The van der Waals surface area contributed by atoms with Crippen molar-refractivity contribution >= 4 is 28.9 Å². The third kappa shape index (κ3) is 5.00. The molecule has 1 amide bonds. The largest absolute Gasteiger partial charge is 0.478 e. The summed E-state index contributed by atoms with van der Waals surface area (Å²) >= 11 is 0. The Labute approximate surface area is 218 Å². The number of rotatable bonds is 8. The highest BCUT2D eigenvalue weighted by molar-refractivity contribution is 5.95. The monoisotopic (exact) mass is 494 g/mol. The van der Waals surface area contributed by atoms with E-state index in [0.29, 0.717) is 23.9 Å². The summed E-state index contributed by atoms with van der Waals surface area (Å²) in [6, 6.07) is 23.3. The fourth-order valence-corrected chi connectivity index (χ4v) is 7.54. The van der Waals surface area contributed by atoms with E-state index in [1.807, 2.05) is 24.3 Å². The summed E-state index contributed by atoms with van der Waals surface area (Å²) in [5.74, 6) is 1.83. The summed E-state index contributed by atoms with van der Waals surface area (Å²) in [6.07, 6.45) is 9.46. The first kappa shape index (κ1) is 23.8. The molecule has 3 N–H and O–H groups in total. The molecule has 4 aliphatic rings. The molecule has 0 radical (unpaired) electrons. The number of benzene rings is 3. The van der Waals surface area contributed by atoms with Gasteiger partial charge in [0.05, 0.1) is 11.3 Å². The van der Waals surface area contributed by atoms with Gasteiger partial charge in [-0.25, -0.2) is 4.79 Å². The number of nitrogens with one attached hydrogen (secondary N) is 2. The summed E-state index contributed by atoms with van der Waals surface area (Å²) in [4.78, 5) is 24.0. The first-order valence-electron chi connectivity index (χ1n) is 13.5. The Morgan fingerprint density at radius 3 is 2.00 bits per heavy atom. The molecule has 37 heavy (non-hydrogen) atoms. The van der Waals surface area contributed by atoms with Crippen molar-refractivity contribution in [3.63, 3.8) is 0 Å². The van der Waals surface area contributed by atoms with E-state index >= 15 is 0 Å². The lowest BCUT2D eigenvalue weighted by atomic mass is 9.48. The molecule has 5 heteroatoms. The lowest BCUT2D eigenvalue weighted by molar-refractivity contribution is -0.116. The molecule has 7 rings (SSSR count). The van der Waals surface area contributed by atoms with Crippen LogP contribution in [0, 0.1) is 17.8 Å². The maximum atomic E-state index is 12.6. The van der Waals surface area contributed by atoms with Crippen molar-refractivity contribution in [3.05, 3.63) is 89.5 Å². The van der Waals surface area contributed by atoms with E-state index in [1.54, 1.807) is 24.3 Å². The first-order chi connectivity index (χ1) is 18.0. The molecular weight excluding hydrogens is 460 g/mol. The predicted molar refractivity (Wildman–Crippen MR) is 146 cm³/mol. The molecule has 4 fully saturated rings. The molecule has 0 aliphatic heterocycles. The minimum Gasteiger partial charge on any atom is -0.478 e. The van der Waals surface area contributed by atoms with Gasteiger partial charge in [0.1, 0.15) is 0 Å². The third-order valence-corrected chi connectivity index (χ3v) is 8.85. The molecule has 5 nitrogen and oxygen atoms in total. The average Bonchev–Trinajstić information content (AvgIpc) is 2.88. The Hall–Kier alpha value is -3.60. The number of aromatic carboxylic acids is 1. The van der Waals surface area contributed by atoms with Crippen LogP contribution in [0.5, 0.6) is 0 Å². The van der Waals surface area contributed by atoms with Gasteiger partial charge in [-0.3, -0.25) is 4.79 Å². The quantitative estimate of drug-likeness (QED) is 0.310. The molecule has 0 unspecified atom stereocenters. The fraction of sp³-hybridized carbons (Fsp3) is 0.375. The lowest BCUT2D eigenvalue weighted by Crippen LogP contribution is -2.48. The van der Waals surface area contributed by atoms with Gasteiger partial charge in [0.2, 0.25) is 5.91 Å². The molecule has 3 aromatic rings. The second-order valence-electron chi connectivity index (χ2n) is 11.5. The van der Waals surface area contributed by atoms with Gasteiger partial charge in [0.15, 0.2) is 0 Å². The Kier molecular flexibility index (Phi) is 6.23. The number of para-hydroxylation sites is 1. The van der Waals surface area contributed by atoms with E-state index in [4.69, 9.17) is 0 Å². The maximum absolute atomic E-state index is 12.6. The number of aryl methyl sites for hydroxylation is 1. The molecule has 4 aliphatic carbocycles. The minimum atomic E-state index is -0.965. The SMILES string of the molecule is O=C(CCc1ccc(Nc2ccccc2C(=O)O)cc1)Nc1ccc(C23CC4CC(CC(C4)C2)C3)cc1. The zero-order chi connectivity index (χ0) is 25.4. The molecule has 0 atom stereocenters. The number of hydrogen-bond donors (Lipinski definition) is 3. The van der Waals surface area contributed by atoms with E-state index in [9.17, 15) is 14.7 Å². The Morgan fingerprint density at radius 2 is 1.38 bits per heavy atom. The number of amides is 1. The molecular formula is C32H34N2O3. The topological polar surface area (TPSA) is 78.4 Å². The lowest BCUT2D eigenvalue weighted by Gasteiger charge is -2.57.